The summed E-state index contributed by atoms with van der Waals surface area (Å²) in [5.41, 5.74) is 0.274. The van der Waals surface area contributed by atoms with Gasteiger partial charge in [0.1, 0.15) is 4.90 Å². The lowest BCUT2D eigenvalue weighted by Gasteiger charge is -2.10. The number of rotatable bonds is 3. The molecule has 106 valence electrons. The Morgan fingerprint density at radius 3 is 2.10 bits per heavy atom. The van der Waals surface area contributed by atoms with Gasteiger partial charge in [-0.25, -0.2) is 8.42 Å². The van der Waals surface area contributed by atoms with Crippen LogP contribution in [-0.4, -0.2) is 8.42 Å². The van der Waals surface area contributed by atoms with Gasteiger partial charge in [-0.2, -0.15) is 0 Å². The first-order valence-corrected chi connectivity index (χ1v) is 8.22. The van der Waals surface area contributed by atoms with Crippen molar-refractivity contribution in [3.8, 4) is 0 Å². The summed E-state index contributed by atoms with van der Waals surface area (Å²) in [4.78, 5) is -0.113. The van der Waals surface area contributed by atoms with E-state index in [1.165, 1.54) is 36.4 Å². The van der Waals surface area contributed by atoms with Crippen LogP contribution in [0.25, 0.3) is 0 Å². The molecule has 2 rings (SSSR count). The van der Waals surface area contributed by atoms with Crippen LogP contribution < -0.4 is 4.72 Å². The molecular formula is C12H7Cl4NO2S. The highest BCUT2D eigenvalue weighted by molar-refractivity contribution is 7.92. The summed E-state index contributed by atoms with van der Waals surface area (Å²) in [6.45, 7) is 0. The van der Waals surface area contributed by atoms with Gasteiger partial charge in [0.15, 0.2) is 0 Å². The van der Waals surface area contributed by atoms with Gasteiger partial charge in [0.25, 0.3) is 10.0 Å². The third-order valence-electron chi connectivity index (χ3n) is 2.35. The summed E-state index contributed by atoms with van der Waals surface area (Å²) in [5.74, 6) is 0. The number of halogens is 4. The van der Waals surface area contributed by atoms with Crippen LogP contribution in [0.3, 0.4) is 0 Å². The maximum absolute atomic E-state index is 12.2. The second kappa shape index (κ2) is 6.00. The van der Waals surface area contributed by atoms with Crippen LogP contribution >= 0.6 is 46.4 Å². The van der Waals surface area contributed by atoms with Gasteiger partial charge in [-0.1, -0.05) is 46.4 Å². The molecule has 20 heavy (non-hydrogen) atoms. The van der Waals surface area contributed by atoms with Crippen molar-refractivity contribution in [2.45, 2.75) is 4.90 Å². The molecule has 1 N–H and O–H groups in total. The second-order valence-electron chi connectivity index (χ2n) is 3.81. The molecule has 0 fully saturated rings. The molecule has 2 aromatic rings. The molecule has 8 heteroatoms. The molecule has 0 bridgehead atoms. The number of hydrogen-bond acceptors (Lipinski definition) is 2. The van der Waals surface area contributed by atoms with E-state index >= 15 is 0 Å². The molecule has 0 radical (unpaired) electrons. The lowest BCUT2D eigenvalue weighted by Crippen LogP contribution is -2.13. The number of sulfonamides is 1. The molecule has 0 atom stereocenters. The van der Waals surface area contributed by atoms with Crippen molar-refractivity contribution in [2.75, 3.05) is 4.72 Å². The van der Waals surface area contributed by atoms with Gasteiger partial charge in [0.05, 0.1) is 20.8 Å². The molecule has 0 aliphatic carbocycles. The minimum absolute atomic E-state index is 0.0713. The molecule has 0 saturated carbocycles. The molecule has 0 saturated heterocycles. The van der Waals surface area contributed by atoms with Crippen molar-refractivity contribution in [3.05, 3.63) is 56.5 Å². The maximum atomic E-state index is 12.2. The molecule has 0 aliphatic rings. The maximum Gasteiger partial charge on any atom is 0.263 e. The van der Waals surface area contributed by atoms with Crippen LogP contribution in [0, 0.1) is 0 Å². The Bertz CT molecular complexity index is 762. The first-order valence-electron chi connectivity index (χ1n) is 5.22. The number of anilines is 1. The summed E-state index contributed by atoms with van der Waals surface area (Å²) in [5, 5.41) is 0.908. The van der Waals surface area contributed by atoms with E-state index in [4.69, 9.17) is 46.4 Å². The van der Waals surface area contributed by atoms with Crippen molar-refractivity contribution in [3.63, 3.8) is 0 Å². The highest BCUT2D eigenvalue weighted by Crippen LogP contribution is 2.29. The molecule has 0 aliphatic heterocycles. The van der Waals surface area contributed by atoms with Gasteiger partial charge in [-0.05, 0) is 36.4 Å². The molecular weight excluding hydrogens is 364 g/mol. The van der Waals surface area contributed by atoms with Gasteiger partial charge in [-0.15, -0.1) is 0 Å². The quantitative estimate of drug-likeness (QED) is 0.816. The standard InChI is InChI=1S/C12H7Cl4NO2S/c13-7-1-3-10(15)12(5-7)20(18,19)17-8-2-4-9(14)11(16)6-8/h1-6,17H. The number of nitrogens with one attached hydrogen (secondary N) is 1. The van der Waals surface area contributed by atoms with Crippen molar-refractivity contribution in [1.29, 1.82) is 0 Å². The van der Waals surface area contributed by atoms with Crippen LogP contribution in [0.15, 0.2) is 41.3 Å². The summed E-state index contributed by atoms with van der Waals surface area (Å²) >= 11 is 23.3. The summed E-state index contributed by atoms with van der Waals surface area (Å²) in [7, 11) is -3.86. The summed E-state index contributed by atoms with van der Waals surface area (Å²) in [6.07, 6.45) is 0. The zero-order chi connectivity index (χ0) is 14.9. The fraction of sp³-hybridized carbons (Fsp3) is 0. The Morgan fingerprint density at radius 1 is 0.800 bits per heavy atom. The lowest BCUT2D eigenvalue weighted by molar-refractivity contribution is 0.601. The summed E-state index contributed by atoms with van der Waals surface area (Å²) in [6, 6.07) is 8.56. The molecule has 2 aromatic carbocycles. The lowest BCUT2D eigenvalue weighted by atomic mass is 10.3. The zero-order valence-electron chi connectivity index (χ0n) is 9.70. The van der Waals surface area contributed by atoms with Crippen LogP contribution in [0.5, 0.6) is 0 Å². The third kappa shape index (κ3) is 3.51. The highest BCUT2D eigenvalue weighted by atomic mass is 35.5. The SMILES string of the molecule is O=S(=O)(Nc1ccc(Cl)c(Cl)c1)c1cc(Cl)ccc1Cl. The van der Waals surface area contributed by atoms with Gasteiger partial charge in [-0.3, -0.25) is 4.72 Å². The van der Waals surface area contributed by atoms with Crippen LogP contribution in [0.4, 0.5) is 5.69 Å². The number of benzene rings is 2. The fourth-order valence-electron chi connectivity index (χ4n) is 1.45. The summed E-state index contributed by atoms with van der Waals surface area (Å²) < 4.78 is 26.8. The zero-order valence-corrected chi connectivity index (χ0v) is 13.5. The minimum Gasteiger partial charge on any atom is -0.280 e. The van der Waals surface area contributed by atoms with E-state index < -0.39 is 10.0 Å². The van der Waals surface area contributed by atoms with E-state index in [-0.39, 0.29) is 25.7 Å². The van der Waals surface area contributed by atoms with Crippen LogP contribution in [-0.2, 0) is 10.0 Å². The minimum atomic E-state index is -3.86. The van der Waals surface area contributed by atoms with Crippen LogP contribution in [0.1, 0.15) is 0 Å². The first kappa shape index (κ1) is 15.7. The molecule has 0 spiro atoms. The van der Waals surface area contributed by atoms with E-state index in [1.807, 2.05) is 0 Å². The average Bonchev–Trinajstić information content (AvgIpc) is 2.36. The second-order valence-corrected chi connectivity index (χ2v) is 7.12. The molecule has 0 amide bonds. The highest BCUT2D eigenvalue weighted by Gasteiger charge is 2.19. The van der Waals surface area contributed by atoms with Gasteiger partial charge >= 0.3 is 0 Å². The topological polar surface area (TPSA) is 46.2 Å². The number of hydrogen-bond donors (Lipinski definition) is 1. The third-order valence-corrected chi connectivity index (χ3v) is 5.19. The predicted octanol–water partition coefficient (Wildman–Crippen LogP) is 5.10. The van der Waals surface area contributed by atoms with E-state index in [9.17, 15) is 8.42 Å². The Kier molecular flexibility index (Phi) is 4.72. The first-order chi connectivity index (χ1) is 9.29. The van der Waals surface area contributed by atoms with E-state index in [0.29, 0.717) is 5.02 Å². The van der Waals surface area contributed by atoms with Crippen LogP contribution in [0.2, 0.25) is 20.1 Å². The van der Waals surface area contributed by atoms with E-state index in [0.717, 1.165) is 0 Å². The Labute approximate surface area is 136 Å². The molecule has 0 heterocycles. The van der Waals surface area contributed by atoms with Crippen molar-refractivity contribution >= 4 is 62.1 Å². The van der Waals surface area contributed by atoms with E-state index in [2.05, 4.69) is 4.72 Å². The van der Waals surface area contributed by atoms with Gasteiger partial charge < -0.3 is 0 Å². The Hall–Kier alpha value is -0.650. The van der Waals surface area contributed by atoms with Crippen molar-refractivity contribution in [1.82, 2.24) is 0 Å². The molecule has 3 nitrogen and oxygen atoms in total. The van der Waals surface area contributed by atoms with Crippen molar-refractivity contribution < 1.29 is 8.42 Å². The van der Waals surface area contributed by atoms with E-state index in [1.54, 1.807) is 0 Å². The fourth-order valence-corrected chi connectivity index (χ4v) is 3.56. The molecule has 0 unspecified atom stereocenters. The normalized spacial score (nSPS) is 11.4. The predicted molar refractivity (Wildman–Crippen MR) is 83.7 cm³/mol. The smallest absolute Gasteiger partial charge is 0.263 e. The monoisotopic (exact) mass is 369 g/mol. The van der Waals surface area contributed by atoms with Gasteiger partial charge in [0, 0.05) is 5.02 Å². The van der Waals surface area contributed by atoms with Crippen molar-refractivity contribution in [2.24, 2.45) is 0 Å². The Morgan fingerprint density at radius 2 is 1.45 bits per heavy atom. The Balaban J connectivity index is 2.40. The molecule has 0 aromatic heterocycles. The largest absolute Gasteiger partial charge is 0.280 e. The van der Waals surface area contributed by atoms with Gasteiger partial charge in [0.2, 0.25) is 0 Å². The average molecular weight is 371 g/mol.